The zero-order valence-corrected chi connectivity index (χ0v) is 14.6. The predicted octanol–water partition coefficient (Wildman–Crippen LogP) is 3.96. The Balaban J connectivity index is 1.40. The summed E-state index contributed by atoms with van der Waals surface area (Å²) in [5.41, 5.74) is 4.61. The van der Waals surface area contributed by atoms with E-state index in [1.54, 1.807) is 17.3 Å². The molecule has 0 radical (unpaired) electrons. The molecule has 0 bridgehead atoms. The van der Waals surface area contributed by atoms with Gasteiger partial charge in [0.15, 0.2) is 0 Å². The molecular weight excluding hydrogens is 330 g/mol. The van der Waals surface area contributed by atoms with E-state index in [-0.39, 0.29) is 0 Å². The maximum atomic E-state index is 4.22. The molecule has 2 aromatic heterocycles. The number of hydrogen-bond acceptors (Lipinski definition) is 4. The van der Waals surface area contributed by atoms with Gasteiger partial charge in [0.25, 0.3) is 0 Å². The molecule has 0 amide bonds. The lowest BCUT2D eigenvalue weighted by Crippen LogP contribution is -1.94. The number of rotatable bonds is 5. The quantitative estimate of drug-likeness (QED) is 0.513. The Labute approximate surface area is 150 Å². The topological polar surface area (TPSA) is 48.5 Å². The molecule has 0 atom stereocenters. The van der Waals surface area contributed by atoms with E-state index in [2.05, 4.69) is 63.7 Å². The third kappa shape index (κ3) is 3.49. The van der Waals surface area contributed by atoms with Crippen LogP contribution >= 0.6 is 11.8 Å². The third-order valence-corrected chi connectivity index (χ3v) is 5.08. The molecule has 5 nitrogen and oxygen atoms in total. The second kappa shape index (κ2) is 6.94. The van der Waals surface area contributed by atoms with Crippen molar-refractivity contribution in [1.82, 2.24) is 24.5 Å². The standard InChI is InChI=1S/C19H17N5S/c1-23-19(10-11-21-23)16-4-8-18(9-5-16)25-12-15-2-6-17(7-3-15)24-14-20-13-22-24/h2-11,13-14H,12H2,1H3. The van der Waals surface area contributed by atoms with E-state index in [1.807, 2.05) is 35.8 Å². The fourth-order valence-corrected chi connectivity index (χ4v) is 3.49. The highest BCUT2D eigenvalue weighted by molar-refractivity contribution is 7.98. The smallest absolute Gasteiger partial charge is 0.138 e. The molecule has 0 unspecified atom stereocenters. The molecule has 4 rings (SSSR count). The van der Waals surface area contributed by atoms with Crippen molar-refractivity contribution in [2.45, 2.75) is 10.6 Å². The zero-order valence-electron chi connectivity index (χ0n) is 13.8. The van der Waals surface area contributed by atoms with Gasteiger partial charge in [-0.25, -0.2) is 9.67 Å². The predicted molar refractivity (Wildman–Crippen MR) is 99.6 cm³/mol. The van der Waals surface area contributed by atoms with E-state index in [9.17, 15) is 0 Å². The van der Waals surface area contributed by atoms with Crippen molar-refractivity contribution in [3.8, 4) is 16.9 Å². The van der Waals surface area contributed by atoms with Crippen LogP contribution in [0.1, 0.15) is 5.56 Å². The van der Waals surface area contributed by atoms with Crippen LogP contribution in [0.15, 0.2) is 78.3 Å². The van der Waals surface area contributed by atoms with E-state index in [4.69, 9.17) is 0 Å². The van der Waals surface area contributed by atoms with Crippen LogP contribution in [-0.4, -0.2) is 24.5 Å². The molecule has 2 aromatic carbocycles. The summed E-state index contributed by atoms with van der Waals surface area (Å²) < 4.78 is 3.65. The molecule has 0 aliphatic heterocycles. The Morgan fingerprint density at radius 2 is 1.72 bits per heavy atom. The van der Waals surface area contributed by atoms with Crippen molar-refractivity contribution in [1.29, 1.82) is 0 Å². The number of nitrogens with zero attached hydrogens (tertiary/aromatic N) is 5. The number of hydrogen-bond donors (Lipinski definition) is 0. The molecule has 0 N–H and O–H groups in total. The highest BCUT2D eigenvalue weighted by atomic mass is 32.2. The van der Waals surface area contributed by atoms with Crippen molar-refractivity contribution in [3.05, 3.63) is 79.0 Å². The summed E-state index contributed by atoms with van der Waals surface area (Å²) in [7, 11) is 1.96. The van der Waals surface area contributed by atoms with Gasteiger partial charge < -0.3 is 0 Å². The minimum atomic E-state index is 0.933. The highest BCUT2D eigenvalue weighted by Gasteiger charge is 2.03. The minimum Gasteiger partial charge on any atom is -0.268 e. The molecule has 0 saturated heterocycles. The van der Waals surface area contributed by atoms with E-state index >= 15 is 0 Å². The maximum absolute atomic E-state index is 4.22. The highest BCUT2D eigenvalue weighted by Crippen LogP contribution is 2.26. The molecule has 0 spiro atoms. The van der Waals surface area contributed by atoms with Gasteiger partial charge in [-0.1, -0.05) is 24.3 Å². The summed E-state index contributed by atoms with van der Waals surface area (Å²) in [6.07, 6.45) is 5.06. The van der Waals surface area contributed by atoms with Gasteiger partial charge in [-0.05, 0) is 41.5 Å². The third-order valence-electron chi connectivity index (χ3n) is 4.00. The molecule has 0 fully saturated rings. The van der Waals surface area contributed by atoms with E-state index < -0.39 is 0 Å². The summed E-state index contributed by atoms with van der Waals surface area (Å²) >= 11 is 1.83. The van der Waals surface area contributed by atoms with Crippen LogP contribution in [0, 0.1) is 0 Å². The van der Waals surface area contributed by atoms with Gasteiger partial charge in [-0.2, -0.15) is 10.2 Å². The maximum Gasteiger partial charge on any atom is 0.138 e. The summed E-state index contributed by atoms with van der Waals surface area (Å²) in [5.74, 6) is 0.933. The summed E-state index contributed by atoms with van der Waals surface area (Å²) in [6.45, 7) is 0. The summed E-state index contributed by atoms with van der Waals surface area (Å²) in [4.78, 5) is 5.23. The average molecular weight is 347 g/mol. The Hall–Kier alpha value is -2.86. The molecule has 25 heavy (non-hydrogen) atoms. The second-order valence-electron chi connectivity index (χ2n) is 5.66. The van der Waals surface area contributed by atoms with Gasteiger partial charge >= 0.3 is 0 Å². The Morgan fingerprint density at radius 1 is 0.920 bits per heavy atom. The SMILES string of the molecule is Cn1nccc1-c1ccc(SCc2ccc(-n3cncn3)cc2)cc1. The van der Waals surface area contributed by atoms with E-state index in [0.29, 0.717) is 0 Å². The van der Waals surface area contributed by atoms with Gasteiger partial charge in [0.05, 0.1) is 11.4 Å². The fourth-order valence-electron chi connectivity index (χ4n) is 2.63. The Bertz CT molecular complexity index is 940. The fraction of sp³-hybridized carbons (Fsp3) is 0.105. The monoisotopic (exact) mass is 347 g/mol. The van der Waals surface area contributed by atoms with Crippen LogP contribution < -0.4 is 0 Å². The van der Waals surface area contributed by atoms with Crippen LogP contribution in [0.5, 0.6) is 0 Å². The summed E-state index contributed by atoms with van der Waals surface area (Å²) in [5, 5.41) is 8.36. The summed E-state index contributed by atoms with van der Waals surface area (Å²) in [6, 6.07) is 19.0. The number of aromatic nitrogens is 5. The Kier molecular flexibility index (Phi) is 4.35. The van der Waals surface area contributed by atoms with Crippen molar-refractivity contribution >= 4 is 11.8 Å². The normalized spacial score (nSPS) is 10.9. The number of aryl methyl sites for hydroxylation is 1. The van der Waals surface area contributed by atoms with Crippen LogP contribution in [0.25, 0.3) is 16.9 Å². The second-order valence-corrected chi connectivity index (χ2v) is 6.71. The van der Waals surface area contributed by atoms with Gasteiger partial charge in [-0.15, -0.1) is 11.8 Å². The van der Waals surface area contributed by atoms with Gasteiger partial charge in [0.1, 0.15) is 12.7 Å². The minimum absolute atomic E-state index is 0.933. The van der Waals surface area contributed by atoms with E-state index in [1.165, 1.54) is 16.0 Å². The first-order valence-electron chi connectivity index (χ1n) is 7.95. The molecule has 6 heteroatoms. The van der Waals surface area contributed by atoms with Gasteiger partial charge in [0, 0.05) is 23.9 Å². The van der Waals surface area contributed by atoms with Crippen molar-refractivity contribution in [3.63, 3.8) is 0 Å². The number of benzene rings is 2. The number of thioether (sulfide) groups is 1. The lowest BCUT2D eigenvalue weighted by Gasteiger charge is -2.06. The lowest BCUT2D eigenvalue weighted by molar-refractivity contribution is 0.776. The zero-order chi connectivity index (χ0) is 17.1. The van der Waals surface area contributed by atoms with E-state index in [0.717, 1.165) is 17.1 Å². The van der Waals surface area contributed by atoms with Crippen LogP contribution in [0.4, 0.5) is 0 Å². The largest absolute Gasteiger partial charge is 0.268 e. The van der Waals surface area contributed by atoms with Gasteiger partial charge in [-0.3, -0.25) is 4.68 Å². The molecule has 2 heterocycles. The van der Waals surface area contributed by atoms with Crippen molar-refractivity contribution < 1.29 is 0 Å². The molecule has 0 aliphatic carbocycles. The van der Waals surface area contributed by atoms with Gasteiger partial charge in [0.2, 0.25) is 0 Å². The molecule has 124 valence electrons. The first kappa shape index (κ1) is 15.7. The molecular formula is C19H17N5S. The average Bonchev–Trinajstić information content (AvgIpc) is 3.33. The van der Waals surface area contributed by atoms with Crippen LogP contribution in [-0.2, 0) is 12.8 Å². The molecule has 0 aliphatic rings. The van der Waals surface area contributed by atoms with Crippen molar-refractivity contribution in [2.75, 3.05) is 0 Å². The molecule has 0 saturated carbocycles. The molecule has 4 aromatic rings. The first-order valence-corrected chi connectivity index (χ1v) is 8.93. The Morgan fingerprint density at radius 3 is 2.36 bits per heavy atom. The van der Waals surface area contributed by atoms with Crippen LogP contribution in [0.2, 0.25) is 0 Å². The van der Waals surface area contributed by atoms with Crippen LogP contribution in [0.3, 0.4) is 0 Å². The first-order chi connectivity index (χ1) is 12.3. The van der Waals surface area contributed by atoms with Crippen molar-refractivity contribution in [2.24, 2.45) is 7.05 Å². The lowest BCUT2D eigenvalue weighted by atomic mass is 10.1.